The lowest BCUT2D eigenvalue weighted by Crippen LogP contribution is -2.48. The lowest BCUT2D eigenvalue weighted by atomic mass is 10.1. The largest absolute Gasteiger partial charge is 0.501 e. The van der Waals surface area contributed by atoms with Crippen LogP contribution in [-0.4, -0.2) is 51.7 Å². The highest BCUT2D eigenvalue weighted by Gasteiger charge is 2.42. The van der Waals surface area contributed by atoms with E-state index >= 15 is 0 Å². The van der Waals surface area contributed by atoms with Crippen molar-refractivity contribution in [2.45, 2.75) is 39.5 Å². The Kier molecular flexibility index (Phi) is 9.84. The van der Waals surface area contributed by atoms with Crippen molar-refractivity contribution in [2.24, 2.45) is 11.7 Å². The molecule has 0 radical (unpaired) electrons. The molecule has 0 aliphatic rings. The van der Waals surface area contributed by atoms with Crippen LogP contribution in [0.2, 0.25) is 6.04 Å². The molecule has 4 N–H and O–H groups in total. The number of hydrogen-bond acceptors (Lipinski definition) is 6. The number of nitrogens with two attached hydrogens (primary N) is 1. The first-order chi connectivity index (χ1) is 8.53. The fourth-order valence-electron chi connectivity index (χ4n) is 1.88. The second kappa shape index (κ2) is 9.85. The minimum Gasteiger partial charge on any atom is -0.374 e. The maximum absolute atomic E-state index is 9.03. The van der Waals surface area contributed by atoms with Crippen molar-refractivity contribution < 1.29 is 23.5 Å². The van der Waals surface area contributed by atoms with Gasteiger partial charge in [-0.05, 0) is 33.2 Å². The minimum atomic E-state index is -2.75. The summed E-state index contributed by atoms with van der Waals surface area (Å²) in [5.41, 5.74) is 5.65. The van der Waals surface area contributed by atoms with Crippen molar-refractivity contribution in [1.29, 1.82) is 0 Å². The SMILES string of the molecule is CCO[Si](CC(CN)CC(O)O)(OCC)OCC. The van der Waals surface area contributed by atoms with Gasteiger partial charge in [0.05, 0.1) is 0 Å². The van der Waals surface area contributed by atoms with E-state index in [1.165, 1.54) is 0 Å². The highest BCUT2D eigenvalue weighted by Crippen LogP contribution is 2.24. The van der Waals surface area contributed by atoms with E-state index in [2.05, 4.69) is 0 Å². The first-order valence-corrected chi connectivity index (χ1v) is 8.44. The van der Waals surface area contributed by atoms with E-state index in [0.717, 1.165) is 0 Å². The van der Waals surface area contributed by atoms with Crippen LogP contribution in [0, 0.1) is 5.92 Å². The molecule has 1 unspecified atom stereocenters. The summed E-state index contributed by atoms with van der Waals surface area (Å²) in [7, 11) is -2.75. The quantitative estimate of drug-likeness (QED) is 0.373. The highest BCUT2D eigenvalue weighted by molar-refractivity contribution is 6.60. The molecule has 0 saturated heterocycles. The summed E-state index contributed by atoms with van der Waals surface area (Å²) >= 11 is 0. The topological polar surface area (TPSA) is 94.2 Å². The number of aliphatic hydroxyl groups excluding tert-OH is 1. The molecule has 0 fully saturated rings. The van der Waals surface area contributed by atoms with E-state index in [1.807, 2.05) is 20.8 Å². The van der Waals surface area contributed by atoms with Crippen molar-refractivity contribution in [3.63, 3.8) is 0 Å². The average Bonchev–Trinajstić information content (AvgIpc) is 2.28. The maximum Gasteiger partial charge on any atom is 0.501 e. The van der Waals surface area contributed by atoms with E-state index in [0.29, 0.717) is 32.4 Å². The third kappa shape index (κ3) is 6.79. The Morgan fingerprint density at radius 2 is 1.44 bits per heavy atom. The second-order valence-electron chi connectivity index (χ2n) is 4.00. The van der Waals surface area contributed by atoms with Gasteiger partial charge < -0.3 is 29.2 Å². The number of aliphatic hydroxyl groups is 2. The normalized spacial score (nSPS) is 14.2. The van der Waals surface area contributed by atoms with Crippen LogP contribution in [0.1, 0.15) is 27.2 Å². The van der Waals surface area contributed by atoms with Crippen LogP contribution in [0.4, 0.5) is 0 Å². The lowest BCUT2D eigenvalue weighted by Gasteiger charge is -2.31. The van der Waals surface area contributed by atoms with E-state index in [1.54, 1.807) is 0 Å². The van der Waals surface area contributed by atoms with Crippen molar-refractivity contribution in [3.05, 3.63) is 0 Å². The van der Waals surface area contributed by atoms with Crippen LogP contribution in [0.5, 0.6) is 0 Å². The van der Waals surface area contributed by atoms with Gasteiger partial charge >= 0.3 is 8.80 Å². The minimum absolute atomic E-state index is 0.0821. The summed E-state index contributed by atoms with van der Waals surface area (Å²) in [6, 6.07) is 0.511. The summed E-state index contributed by atoms with van der Waals surface area (Å²) in [6.45, 7) is 7.52. The molecular formula is C11H27NO5Si. The van der Waals surface area contributed by atoms with Crippen LogP contribution in [0.25, 0.3) is 0 Å². The summed E-state index contributed by atoms with van der Waals surface area (Å²) in [6.07, 6.45) is -1.16. The Bertz CT molecular complexity index is 189. The molecule has 0 saturated carbocycles. The first kappa shape index (κ1) is 18.0. The Morgan fingerprint density at radius 3 is 1.72 bits per heavy atom. The molecule has 0 aliphatic heterocycles. The van der Waals surface area contributed by atoms with E-state index in [-0.39, 0.29) is 12.3 Å². The van der Waals surface area contributed by atoms with Crippen LogP contribution < -0.4 is 5.73 Å². The van der Waals surface area contributed by atoms with Gasteiger partial charge in [-0.3, -0.25) is 0 Å². The van der Waals surface area contributed by atoms with E-state index in [4.69, 9.17) is 29.2 Å². The van der Waals surface area contributed by atoms with Gasteiger partial charge in [0, 0.05) is 32.3 Å². The van der Waals surface area contributed by atoms with Gasteiger partial charge in [-0.15, -0.1) is 0 Å². The third-order valence-corrected chi connectivity index (χ3v) is 5.77. The van der Waals surface area contributed by atoms with Gasteiger partial charge in [-0.25, -0.2) is 0 Å². The summed E-state index contributed by atoms with van der Waals surface area (Å²) in [5.74, 6) is -0.0821. The second-order valence-corrected chi connectivity index (χ2v) is 6.64. The molecule has 1 atom stereocenters. The Hall–Kier alpha value is -0.0231. The van der Waals surface area contributed by atoms with Crippen molar-refractivity contribution in [1.82, 2.24) is 0 Å². The fourth-order valence-corrected chi connectivity index (χ4v) is 4.84. The van der Waals surface area contributed by atoms with Gasteiger partial charge in [0.1, 0.15) is 0 Å². The number of hydrogen-bond donors (Lipinski definition) is 3. The molecule has 18 heavy (non-hydrogen) atoms. The van der Waals surface area contributed by atoms with E-state index < -0.39 is 15.1 Å². The van der Waals surface area contributed by atoms with Crippen molar-refractivity contribution >= 4 is 8.80 Å². The zero-order chi connectivity index (χ0) is 14.0. The summed E-state index contributed by atoms with van der Waals surface area (Å²) < 4.78 is 17.1. The molecule has 110 valence electrons. The van der Waals surface area contributed by atoms with E-state index in [9.17, 15) is 0 Å². The lowest BCUT2D eigenvalue weighted by molar-refractivity contribution is -0.0553. The molecule has 0 aromatic rings. The number of rotatable bonds is 11. The van der Waals surface area contributed by atoms with Gasteiger partial charge in [-0.2, -0.15) is 0 Å². The molecule has 0 heterocycles. The van der Waals surface area contributed by atoms with Crippen LogP contribution in [0.15, 0.2) is 0 Å². The van der Waals surface area contributed by atoms with Gasteiger partial charge in [0.15, 0.2) is 6.29 Å². The average molecular weight is 281 g/mol. The molecule has 0 aromatic heterocycles. The van der Waals surface area contributed by atoms with Crippen LogP contribution in [-0.2, 0) is 13.3 Å². The highest BCUT2D eigenvalue weighted by atomic mass is 28.4. The predicted octanol–water partition coefficient (Wildman–Crippen LogP) is 0.311. The summed E-state index contributed by atoms with van der Waals surface area (Å²) in [5, 5.41) is 18.1. The van der Waals surface area contributed by atoms with Crippen molar-refractivity contribution in [3.8, 4) is 0 Å². The zero-order valence-electron chi connectivity index (χ0n) is 11.6. The standard InChI is InChI=1S/C11H27NO5Si/c1-4-15-18(16-5-2,17-6-3)9-10(8-12)7-11(13)14/h10-11,13-14H,4-9,12H2,1-3H3. The molecule has 6 nitrogen and oxygen atoms in total. The molecule has 0 aliphatic carbocycles. The monoisotopic (exact) mass is 281 g/mol. The van der Waals surface area contributed by atoms with Gasteiger partial charge in [-0.1, -0.05) is 0 Å². The first-order valence-electron chi connectivity index (χ1n) is 6.51. The molecule has 0 aromatic carbocycles. The molecule has 0 bridgehead atoms. The smallest absolute Gasteiger partial charge is 0.374 e. The van der Waals surface area contributed by atoms with Gasteiger partial charge in [0.25, 0.3) is 0 Å². The van der Waals surface area contributed by atoms with Gasteiger partial charge in [0.2, 0.25) is 0 Å². The summed E-state index contributed by atoms with van der Waals surface area (Å²) in [4.78, 5) is 0. The van der Waals surface area contributed by atoms with Crippen molar-refractivity contribution in [2.75, 3.05) is 26.4 Å². The molecule has 0 amide bonds. The molecule has 0 spiro atoms. The molecular weight excluding hydrogens is 254 g/mol. The maximum atomic E-state index is 9.03. The van der Waals surface area contributed by atoms with Crippen LogP contribution >= 0.6 is 0 Å². The Labute approximate surface area is 110 Å². The third-order valence-electron chi connectivity index (χ3n) is 2.51. The Balaban J connectivity index is 4.69. The van der Waals surface area contributed by atoms with Crippen LogP contribution in [0.3, 0.4) is 0 Å². The predicted molar refractivity (Wildman–Crippen MR) is 70.8 cm³/mol. The Morgan fingerprint density at radius 1 is 1.00 bits per heavy atom. The fraction of sp³-hybridized carbons (Fsp3) is 1.00. The zero-order valence-corrected chi connectivity index (χ0v) is 12.6. The molecule has 0 rings (SSSR count). The molecule has 7 heteroatoms.